The number of hydrogen-bond donors (Lipinski definition) is 0. The molecule has 0 bridgehead atoms. The van der Waals surface area contributed by atoms with E-state index in [0.29, 0.717) is 0 Å². The molecule has 0 aliphatic carbocycles. The van der Waals surface area contributed by atoms with E-state index in [1.165, 1.54) is 89.9 Å². The summed E-state index contributed by atoms with van der Waals surface area (Å²) >= 11 is 0. The van der Waals surface area contributed by atoms with Gasteiger partial charge < -0.3 is 0 Å². The fourth-order valence-electron chi connectivity index (χ4n) is 3.48. The Labute approximate surface area is 130 Å². The van der Waals surface area contributed by atoms with Gasteiger partial charge in [-0.15, -0.1) is 0 Å². The molecular formula is C20H42. The van der Waals surface area contributed by atoms with Gasteiger partial charge in [0.15, 0.2) is 0 Å². The summed E-state index contributed by atoms with van der Waals surface area (Å²) in [6, 6.07) is 0. The topological polar surface area (TPSA) is 0 Å². The molecule has 0 radical (unpaired) electrons. The highest BCUT2D eigenvalue weighted by Crippen LogP contribution is 2.32. The standard InChI is InChI=1S/C20H42/c1-5-9-13-17-20(18-14-10-6-2)19(15-11-7-3)16-12-8-4/h19-20H,5-18H2,1-4H3. The maximum Gasteiger partial charge on any atom is -0.0386 e. The highest BCUT2D eigenvalue weighted by Gasteiger charge is 2.19. The van der Waals surface area contributed by atoms with Gasteiger partial charge >= 0.3 is 0 Å². The summed E-state index contributed by atoms with van der Waals surface area (Å²) in [5, 5.41) is 0. The fourth-order valence-corrected chi connectivity index (χ4v) is 3.48. The van der Waals surface area contributed by atoms with E-state index >= 15 is 0 Å². The Bertz CT molecular complexity index is 155. The van der Waals surface area contributed by atoms with Gasteiger partial charge in [0, 0.05) is 0 Å². The molecule has 0 fully saturated rings. The summed E-state index contributed by atoms with van der Waals surface area (Å²) in [4.78, 5) is 0. The van der Waals surface area contributed by atoms with Crippen molar-refractivity contribution in [3.8, 4) is 0 Å². The van der Waals surface area contributed by atoms with Crippen LogP contribution in [-0.4, -0.2) is 0 Å². The predicted octanol–water partition coefficient (Wildman–Crippen LogP) is 7.76. The fraction of sp³-hybridized carbons (Fsp3) is 1.00. The van der Waals surface area contributed by atoms with Crippen LogP contribution in [0.1, 0.15) is 118 Å². The summed E-state index contributed by atoms with van der Waals surface area (Å²) in [7, 11) is 0. The molecule has 0 saturated carbocycles. The number of rotatable bonds is 15. The molecule has 20 heavy (non-hydrogen) atoms. The first kappa shape index (κ1) is 20.0. The largest absolute Gasteiger partial charge is 0.0654 e. The van der Waals surface area contributed by atoms with Crippen LogP contribution in [0.5, 0.6) is 0 Å². The van der Waals surface area contributed by atoms with E-state index in [1.54, 1.807) is 0 Å². The first-order chi connectivity index (χ1) is 9.79. The van der Waals surface area contributed by atoms with Crippen LogP contribution in [0.15, 0.2) is 0 Å². The van der Waals surface area contributed by atoms with Gasteiger partial charge in [-0.1, -0.05) is 118 Å². The Morgan fingerprint density at radius 1 is 0.400 bits per heavy atom. The molecule has 0 heteroatoms. The minimum atomic E-state index is 1.03. The lowest BCUT2D eigenvalue weighted by Gasteiger charge is -2.28. The Morgan fingerprint density at radius 3 is 1.00 bits per heavy atom. The van der Waals surface area contributed by atoms with Crippen LogP contribution < -0.4 is 0 Å². The van der Waals surface area contributed by atoms with Crippen molar-refractivity contribution in [3.63, 3.8) is 0 Å². The minimum Gasteiger partial charge on any atom is -0.0654 e. The van der Waals surface area contributed by atoms with Crippen LogP contribution in [0.25, 0.3) is 0 Å². The zero-order valence-electron chi connectivity index (χ0n) is 15.1. The molecule has 0 rings (SSSR count). The van der Waals surface area contributed by atoms with Gasteiger partial charge in [-0.05, 0) is 11.8 Å². The predicted molar refractivity (Wildman–Crippen MR) is 94.3 cm³/mol. The van der Waals surface area contributed by atoms with Crippen molar-refractivity contribution in [2.24, 2.45) is 11.8 Å². The average molecular weight is 283 g/mol. The Kier molecular flexibility index (Phi) is 15.4. The third-order valence-electron chi connectivity index (χ3n) is 4.88. The Morgan fingerprint density at radius 2 is 0.700 bits per heavy atom. The lowest BCUT2D eigenvalue weighted by Crippen LogP contribution is -2.16. The van der Waals surface area contributed by atoms with E-state index in [2.05, 4.69) is 27.7 Å². The van der Waals surface area contributed by atoms with Crippen molar-refractivity contribution >= 4 is 0 Å². The van der Waals surface area contributed by atoms with Crippen molar-refractivity contribution in [1.82, 2.24) is 0 Å². The van der Waals surface area contributed by atoms with Crippen LogP contribution in [0.2, 0.25) is 0 Å². The Hall–Kier alpha value is 0. The van der Waals surface area contributed by atoms with Crippen LogP contribution in [-0.2, 0) is 0 Å². The zero-order valence-corrected chi connectivity index (χ0v) is 15.1. The van der Waals surface area contributed by atoms with Gasteiger partial charge in [0.25, 0.3) is 0 Å². The normalized spacial score (nSPS) is 11.7. The van der Waals surface area contributed by atoms with E-state index in [4.69, 9.17) is 0 Å². The summed E-state index contributed by atoms with van der Waals surface area (Å²) in [5.74, 6) is 2.06. The third kappa shape index (κ3) is 10.7. The van der Waals surface area contributed by atoms with Crippen molar-refractivity contribution < 1.29 is 0 Å². The molecule has 0 heterocycles. The second-order valence-corrected chi connectivity index (χ2v) is 6.80. The van der Waals surface area contributed by atoms with Crippen LogP contribution >= 0.6 is 0 Å². The molecule has 0 spiro atoms. The monoisotopic (exact) mass is 282 g/mol. The third-order valence-corrected chi connectivity index (χ3v) is 4.88. The molecule has 0 aromatic heterocycles. The molecule has 0 aliphatic heterocycles. The second-order valence-electron chi connectivity index (χ2n) is 6.80. The van der Waals surface area contributed by atoms with Crippen molar-refractivity contribution in [3.05, 3.63) is 0 Å². The van der Waals surface area contributed by atoms with Crippen molar-refractivity contribution in [1.29, 1.82) is 0 Å². The molecule has 0 aromatic rings. The smallest absolute Gasteiger partial charge is 0.0386 e. The molecule has 0 amide bonds. The van der Waals surface area contributed by atoms with Gasteiger partial charge in [-0.25, -0.2) is 0 Å². The van der Waals surface area contributed by atoms with Gasteiger partial charge in [0.2, 0.25) is 0 Å². The maximum atomic E-state index is 2.35. The van der Waals surface area contributed by atoms with Gasteiger partial charge in [-0.3, -0.25) is 0 Å². The van der Waals surface area contributed by atoms with Crippen molar-refractivity contribution in [2.45, 2.75) is 118 Å². The van der Waals surface area contributed by atoms with Gasteiger partial charge in [0.05, 0.1) is 0 Å². The van der Waals surface area contributed by atoms with E-state index in [-0.39, 0.29) is 0 Å². The zero-order chi connectivity index (χ0) is 15.1. The molecule has 0 saturated heterocycles. The molecule has 0 aromatic carbocycles. The summed E-state index contributed by atoms with van der Waals surface area (Å²) < 4.78 is 0. The van der Waals surface area contributed by atoms with E-state index < -0.39 is 0 Å². The van der Waals surface area contributed by atoms with Crippen LogP contribution in [0, 0.1) is 11.8 Å². The maximum absolute atomic E-state index is 2.35. The molecule has 0 nitrogen and oxygen atoms in total. The lowest BCUT2D eigenvalue weighted by molar-refractivity contribution is 0.240. The molecule has 0 N–H and O–H groups in total. The number of unbranched alkanes of at least 4 members (excludes halogenated alkanes) is 6. The minimum absolute atomic E-state index is 1.03. The second kappa shape index (κ2) is 15.4. The molecular weight excluding hydrogens is 240 g/mol. The molecule has 0 atom stereocenters. The van der Waals surface area contributed by atoms with E-state index in [0.717, 1.165) is 11.8 Å². The number of hydrogen-bond acceptors (Lipinski definition) is 0. The van der Waals surface area contributed by atoms with Crippen molar-refractivity contribution in [2.75, 3.05) is 0 Å². The first-order valence-corrected chi connectivity index (χ1v) is 9.79. The highest BCUT2D eigenvalue weighted by molar-refractivity contribution is 4.71. The Balaban J connectivity index is 4.33. The lowest BCUT2D eigenvalue weighted by atomic mass is 9.78. The van der Waals surface area contributed by atoms with Crippen LogP contribution in [0.4, 0.5) is 0 Å². The molecule has 0 aliphatic rings. The quantitative estimate of drug-likeness (QED) is 0.269. The van der Waals surface area contributed by atoms with Gasteiger partial charge in [-0.2, -0.15) is 0 Å². The van der Waals surface area contributed by atoms with Crippen LogP contribution in [0.3, 0.4) is 0 Å². The SMILES string of the molecule is CCCCCC(CCCCC)C(CCCC)CCCC. The summed E-state index contributed by atoms with van der Waals surface area (Å²) in [6.07, 6.45) is 20.2. The average Bonchev–Trinajstić information content (AvgIpc) is 2.46. The first-order valence-electron chi connectivity index (χ1n) is 9.79. The molecule has 0 unspecified atom stereocenters. The van der Waals surface area contributed by atoms with Gasteiger partial charge in [0.1, 0.15) is 0 Å². The molecule has 122 valence electrons. The summed E-state index contributed by atoms with van der Waals surface area (Å²) in [6.45, 7) is 9.36. The van der Waals surface area contributed by atoms with E-state index in [1.807, 2.05) is 0 Å². The summed E-state index contributed by atoms with van der Waals surface area (Å²) in [5.41, 5.74) is 0. The van der Waals surface area contributed by atoms with E-state index in [9.17, 15) is 0 Å². The highest BCUT2D eigenvalue weighted by atomic mass is 14.3.